The molecule has 4 atom stereocenters. The zero-order chi connectivity index (χ0) is 31.2. The van der Waals surface area contributed by atoms with Gasteiger partial charge in [0.05, 0.1) is 13.7 Å². The second-order valence-corrected chi connectivity index (χ2v) is 14.6. The predicted octanol–water partition coefficient (Wildman–Crippen LogP) is 8.23. The first-order valence-corrected chi connectivity index (χ1v) is 17.2. The van der Waals surface area contributed by atoms with Gasteiger partial charge in [-0.15, -0.1) is 0 Å². The Morgan fingerprint density at radius 1 is 0.907 bits per heavy atom. The molecule has 0 N–H and O–H groups in total. The van der Waals surface area contributed by atoms with Crippen molar-refractivity contribution in [2.45, 2.75) is 77.9 Å². The summed E-state index contributed by atoms with van der Waals surface area (Å²) in [7, 11) is 0.625. The Bertz CT molecular complexity index is 1400. The number of methoxy groups -OCH3 is 1. The van der Waals surface area contributed by atoms with Crippen LogP contribution < -0.4 is 4.74 Å². The second kappa shape index (κ2) is 14.1. The molecule has 1 fully saturated rings. The van der Waals surface area contributed by atoms with Crippen molar-refractivity contribution in [3.05, 3.63) is 102 Å². The van der Waals surface area contributed by atoms with E-state index >= 15 is 0 Å². The maximum Gasteiger partial charge on any atom is 0.206 e. The lowest BCUT2D eigenvalue weighted by molar-refractivity contribution is -0.149. The van der Waals surface area contributed by atoms with E-state index in [2.05, 4.69) is 101 Å². The number of ether oxygens (including phenoxy) is 4. The fourth-order valence-corrected chi connectivity index (χ4v) is 5.67. The predicted molar refractivity (Wildman–Crippen MR) is 175 cm³/mol. The molecule has 3 aromatic rings. The average Bonchev–Trinajstić information content (AvgIpc) is 3.31. The maximum absolute atomic E-state index is 6.63. The molecule has 0 spiro atoms. The second-order valence-electron chi connectivity index (χ2n) is 12.6. The normalized spacial score (nSPS) is 19.4. The third-order valence-electron chi connectivity index (χ3n) is 6.96. The van der Waals surface area contributed by atoms with Crippen LogP contribution in [0.1, 0.15) is 51.8 Å². The molecule has 1 saturated heterocycles. The molecule has 43 heavy (non-hydrogen) atoms. The van der Waals surface area contributed by atoms with Gasteiger partial charge in [-0.1, -0.05) is 85.1 Å². The molecule has 0 bridgehead atoms. The summed E-state index contributed by atoms with van der Waals surface area (Å²) in [6, 6.07) is 26.8. The Balaban J connectivity index is 1.56. The summed E-state index contributed by atoms with van der Waals surface area (Å²) in [5.41, 5.74) is 5.00. The minimum absolute atomic E-state index is 0.160. The van der Waals surface area contributed by atoms with E-state index < -0.39 is 33.1 Å². The molecule has 4 rings (SSSR count). The van der Waals surface area contributed by atoms with Crippen LogP contribution in [0.3, 0.4) is 0 Å². The van der Waals surface area contributed by atoms with Crippen molar-refractivity contribution >= 4 is 9.04 Å². The quantitative estimate of drug-likeness (QED) is 0.127. The summed E-state index contributed by atoms with van der Waals surface area (Å²) in [5, 5.41) is 0. The number of hydrogen-bond acceptors (Lipinski definition) is 5. The average molecular weight is 598 g/mol. The zero-order valence-corrected chi connectivity index (χ0v) is 27.8. The molecule has 0 aromatic heterocycles. The first kappa shape index (κ1) is 32.7. The molecule has 1 heterocycles. The van der Waals surface area contributed by atoms with Crippen molar-refractivity contribution in [2.24, 2.45) is 5.41 Å². The van der Waals surface area contributed by atoms with E-state index in [1.165, 1.54) is 0 Å². The van der Waals surface area contributed by atoms with Crippen molar-refractivity contribution in [3.63, 3.8) is 0 Å². The SMILES string of the molecule is C=C(CO[C@H](c1ccccc1)c1ccc(-c2ccc(OC)cc2)cc1)[C@H]1OC(C)(C)O[C@H]1[C@H](C#CC(C)(C)C)O[Si](C)C. The van der Waals surface area contributed by atoms with E-state index in [1.807, 2.05) is 44.2 Å². The molecule has 3 aromatic carbocycles. The first-order chi connectivity index (χ1) is 20.3. The van der Waals surface area contributed by atoms with Gasteiger partial charge in [-0.05, 0) is 87.7 Å². The fourth-order valence-electron chi connectivity index (χ4n) is 4.97. The summed E-state index contributed by atoms with van der Waals surface area (Å²) >= 11 is 0. The summed E-state index contributed by atoms with van der Waals surface area (Å²) in [4.78, 5) is 0. The molecule has 0 aliphatic carbocycles. The van der Waals surface area contributed by atoms with Gasteiger partial charge in [0.25, 0.3) is 0 Å². The van der Waals surface area contributed by atoms with E-state index in [1.54, 1.807) is 7.11 Å². The molecule has 1 aliphatic heterocycles. The van der Waals surface area contributed by atoms with E-state index in [-0.39, 0.29) is 18.1 Å². The fraction of sp³-hybridized carbons (Fsp3) is 0.405. The molecular weight excluding hydrogens is 552 g/mol. The summed E-state index contributed by atoms with van der Waals surface area (Å²) in [6.07, 6.45) is -1.56. The van der Waals surface area contributed by atoms with Crippen LogP contribution in [0, 0.1) is 17.3 Å². The minimum Gasteiger partial charge on any atom is -0.497 e. The van der Waals surface area contributed by atoms with Crippen LogP contribution in [-0.4, -0.2) is 46.9 Å². The van der Waals surface area contributed by atoms with Crippen molar-refractivity contribution in [2.75, 3.05) is 13.7 Å². The molecule has 0 unspecified atom stereocenters. The van der Waals surface area contributed by atoms with E-state index in [9.17, 15) is 0 Å². The largest absolute Gasteiger partial charge is 0.497 e. The molecule has 1 aliphatic rings. The Labute approximate surface area is 259 Å². The van der Waals surface area contributed by atoms with Crippen LogP contribution in [0.4, 0.5) is 0 Å². The van der Waals surface area contributed by atoms with Gasteiger partial charge < -0.3 is 23.4 Å². The first-order valence-electron chi connectivity index (χ1n) is 14.8. The van der Waals surface area contributed by atoms with Crippen LogP contribution in [0.2, 0.25) is 13.1 Å². The highest BCUT2D eigenvalue weighted by molar-refractivity contribution is 6.48. The maximum atomic E-state index is 6.63. The van der Waals surface area contributed by atoms with E-state index in [0.717, 1.165) is 33.6 Å². The molecule has 0 saturated carbocycles. The third kappa shape index (κ3) is 9.15. The third-order valence-corrected chi connectivity index (χ3v) is 7.68. The molecule has 5 nitrogen and oxygen atoms in total. The van der Waals surface area contributed by atoms with Gasteiger partial charge in [-0.25, -0.2) is 0 Å². The molecule has 1 radical (unpaired) electrons. The smallest absolute Gasteiger partial charge is 0.206 e. The van der Waals surface area contributed by atoms with E-state index in [4.69, 9.17) is 23.4 Å². The van der Waals surface area contributed by atoms with Crippen molar-refractivity contribution in [1.82, 2.24) is 0 Å². The van der Waals surface area contributed by atoms with Crippen molar-refractivity contribution < 1.29 is 23.4 Å². The van der Waals surface area contributed by atoms with Crippen LogP contribution in [-0.2, 0) is 18.6 Å². The number of rotatable bonds is 11. The van der Waals surface area contributed by atoms with Gasteiger partial charge in [0.1, 0.15) is 30.2 Å². The molecule has 227 valence electrons. The van der Waals surface area contributed by atoms with Gasteiger partial charge in [0.2, 0.25) is 9.04 Å². The number of benzene rings is 3. The Kier molecular flexibility index (Phi) is 10.7. The number of hydrogen-bond donors (Lipinski definition) is 0. The highest BCUT2D eigenvalue weighted by Crippen LogP contribution is 2.36. The summed E-state index contributed by atoms with van der Waals surface area (Å²) in [5.74, 6) is 6.74. The summed E-state index contributed by atoms with van der Waals surface area (Å²) in [6.45, 7) is 19.0. The van der Waals surface area contributed by atoms with Gasteiger partial charge in [0, 0.05) is 5.41 Å². The Morgan fingerprint density at radius 3 is 2.05 bits per heavy atom. The van der Waals surface area contributed by atoms with Gasteiger partial charge in [0.15, 0.2) is 5.79 Å². The standard InChI is InChI=1S/C37H45O5Si/c1-26(33-35(41-37(5,6)40-33)32(42-43(8)9)23-24-36(2,3)4)25-39-34(29-13-11-10-12-14-29)30-17-15-27(16-18-30)28-19-21-31(38-7)22-20-28/h10-22,32-35H,1,25H2,2-9H3/t32-,33+,34+,35-/m0/s1. The Morgan fingerprint density at radius 2 is 1.49 bits per heavy atom. The summed E-state index contributed by atoms with van der Waals surface area (Å²) < 4.78 is 31.1. The zero-order valence-electron chi connectivity index (χ0n) is 26.8. The van der Waals surface area contributed by atoms with Gasteiger partial charge in [-0.3, -0.25) is 0 Å². The van der Waals surface area contributed by atoms with Gasteiger partial charge in [-0.2, -0.15) is 0 Å². The van der Waals surface area contributed by atoms with Gasteiger partial charge >= 0.3 is 0 Å². The highest BCUT2D eigenvalue weighted by Gasteiger charge is 2.46. The minimum atomic E-state index is -1.05. The van der Waals surface area contributed by atoms with E-state index in [0.29, 0.717) is 0 Å². The van der Waals surface area contributed by atoms with Crippen LogP contribution in [0.25, 0.3) is 11.1 Å². The van der Waals surface area contributed by atoms with Crippen LogP contribution >= 0.6 is 0 Å². The lowest BCUT2D eigenvalue weighted by Crippen LogP contribution is -2.40. The Hall–Kier alpha value is -3.18. The van der Waals surface area contributed by atoms with Crippen LogP contribution in [0.15, 0.2) is 91.0 Å². The monoisotopic (exact) mass is 597 g/mol. The lowest BCUT2D eigenvalue weighted by Gasteiger charge is -2.27. The molecule has 0 amide bonds. The molecule has 6 heteroatoms. The topological polar surface area (TPSA) is 46.2 Å². The lowest BCUT2D eigenvalue weighted by atomic mass is 9.96. The molecular formula is C37H45O5Si. The van der Waals surface area contributed by atoms with Crippen LogP contribution in [0.5, 0.6) is 5.75 Å². The van der Waals surface area contributed by atoms with Crippen molar-refractivity contribution in [1.29, 1.82) is 0 Å². The van der Waals surface area contributed by atoms with Crippen molar-refractivity contribution in [3.8, 4) is 28.7 Å². The highest BCUT2D eigenvalue weighted by atomic mass is 28.3.